The molecule has 1 aromatic heterocycles. The molecule has 0 aliphatic heterocycles. The van der Waals surface area contributed by atoms with Crippen LogP contribution in [-0.2, 0) is 0 Å². The number of nitrogens with zero attached hydrogens (tertiary/aromatic N) is 1. The zero-order valence-electron chi connectivity index (χ0n) is 13.6. The summed E-state index contributed by atoms with van der Waals surface area (Å²) in [5.74, 6) is 1.48. The molecule has 0 bridgehead atoms. The van der Waals surface area contributed by atoms with Crippen molar-refractivity contribution in [3.63, 3.8) is 0 Å². The van der Waals surface area contributed by atoms with Gasteiger partial charge in [-0.25, -0.2) is 9.78 Å². The second kappa shape index (κ2) is 7.05. The summed E-state index contributed by atoms with van der Waals surface area (Å²) in [5, 5.41) is 0.373. The molecule has 3 aromatic rings. The van der Waals surface area contributed by atoms with Gasteiger partial charge in [0.1, 0.15) is 0 Å². The molecule has 0 saturated heterocycles. The Labute approximate surface area is 160 Å². The van der Waals surface area contributed by atoms with E-state index >= 15 is 0 Å². The molecule has 0 aliphatic carbocycles. The van der Waals surface area contributed by atoms with E-state index in [9.17, 15) is 4.79 Å². The lowest BCUT2D eigenvalue weighted by molar-refractivity contribution is 0.324. The summed E-state index contributed by atoms with van der Waals surface area (Å²) in [4.78, 5) is 16.8. The predicted octanol–water partition coefficient (Wildman–Crippen LogP) is 4.41. The lowest BCUT2D eigenvalue weighted by Crippen LogP contribution is -2.04. The zero-order valence-corrected chi connectivity index (χ0v) is 16.7. The lowest BCUT2D eigenvalue weighted by atomic mass is 10.1. The second-order valence-corrected chi connectivity index (χ2v) is 6.77. The molecular weight excluding hydrogens is 458 g/mol. The quantitative estimate of drug-likeness (QED) is 0.562. The molecule has 6 nitrogen and oxygen atoms in total. The molecule has 0 unspecified atom stereocenters. The first-order valence-electron chi connectivity index (χ1n) is 7.08. The normalized spacial score (nSPS) is 10.8. The van der Waals surface area contributed by atoms with Crippen molar-refractivity contribution in [3.8, 4) is 28.7 Å². The van der Waals surface area contributed by atoms with Crippen LogP contribution in [0.3, 0.4) is 0 Å². The van der Waals surface area contributed by atoms with Crippen LogP contribution in [0.4, 0.5) is 0 Å². The Morgan fingerprint density at radius 3 is 2.16 bits per heavy atom. The molecule has 3 rings (SSSR count). The van der Waals surface area contributed by atoms with Crippen molar-refractivity contribution in [2.24, 2.45) is 0 Å². The Morgan fingerprint density at radius 1 is 0.960 bits per heavy atom. The van der Waals surface area contributed by atoms with E-state index in [1.807, 2.05) is 6.07 Å². The molecule has 0 N–H and O–H groups in total. The molecule has 0 amide bonds. The predicted molar refractivity (Wildman–Crippen MR) is 101 cm³/mol. The van der Waals surface area contributed by atoms with Gasteiger partial charge in [-0.05, 0) is 40.2 Å². The smallest absolute Gasteiger partial charge is 0.347 e. The highest BCUT2D eigenvalue weighted by molar-refractivity contribution is 9.11. The van der Waals surface area contributed by atoms with Crippen molar-refractivity contribution in [3.05, 3.63) is 43.6 Å². The van der Waals surface area contributed by atoms with Crippen LogP contribution in [0.25, 0.3) is 22.4 Å². The average Bonchev–Trinajstić information content (AvgIpc) is 2.61. The number of halogens is 2. The van der Waals surface area contributed by atoms with Crippen LogP contribution in [0.2, 0.25) is 0 Å². The summed E-state index contributed by atoms with van der Waals surface area (Å²) in [5.41, 5.74) is 0.544. The van der Waals surface area contributed by atoms with E-state index in [0.717, 1.165) is 4.47 Å². The molecule has 8 heteroatoms. The molecule has 0 atom stereocenters. The van der Waals surface area contributed by atoms with Crippen LogP contribution in [0, 0.1) is 0 Å². The first-order chi connectivity index (χ1) is 12.0. The van der Waals surface area contributed by atoms with Gasteiger partial charge in [0.25, 0.3) is 0 Å². The largest absolute Gasteiger partial charge is 0.493 e. The number of methoxy groups -OCH3 is 3. The second-order valence-electron chi connectivity index (χ2n) is 5.00. The fourth-order valence-electron chi connectivity index (χ4n) is 2.43. The Hall–Kier alpha value is -2.06. The van der Waals surface area contributed by atoms with Crippen LogP contribution in [0.15, 0.2) is 42.4 Å². The first kappa shape index (κ1) is 17.8. The molecule has 0 fully saturated rings. The van der Waals surface area contributed by atoms with E-state index in [2.05, 4.69) is 36.8 Å². The van der Waals surface area contributed by atoms with Crippen LogP contribution in [0.1, 0.15) is 0 Å². The van der Waals surface area contributed by atoms with E-state index in [4.69, 9.17) is 18.6 Å². The van der Waals surface area contributed by atoms with Crippen molar-refractivity contribution in [1.82, 2.24) is 4.98 Å². The van der Waals surface area contributed by atoms with Crippen molar-refractivity contribution in [2.75, 3.05) is 21.3 Å². The van der Waals surface area contributed by atoms with Crippen molar-refractivity contribution >= 4 is 42.8 Å². The minimum atomic E-state index is -0.490. The maximum atomic E-state index is 12.4. The highest BCUT2D eigenvalue weighted by Crippen LogP contribution is 2.41. The average molecular weight is 471 g/mol. The van der Waals surface area contributed by atoms with Crippen LogP contribution >= 0.6 is 31.9 Å². The summed E-state index contributed by atoms with van der Waals surface area (Å²) in [6, 6.07) is 6.82. The summed E-state index contributed by atoms with van der Waals surface area (Å²) in [6.07, 6.45) is 0. The Bertz CT molecular complexity index is 991. The zero-order chi connectivity index (χ0) is 18.1. The Balaban J connectivity index is 2.28. The molecule has 130 valence electrons. The number of aromatic nitrogens is 1. The lowest BCUT2D eigenvalue weighted by Gasteiger charge is -2.13. The van der Waals surface area contributed by atoms with Crippen LogP contribution in [-0.4, -0.2) is 26.3 Å². The van der Waals surface area contributed by atoms with Gasteiger partial charge in [0.2, 0.25) is 11.6 Å². The molecule has 2 aromatic carbocycles. The van der Waals surface area contributed by atoms with E-state index < -0.39 is 5.63 Å². The Kier molecular flexibility index (Phi) is 5.01. The van der Waals surface area contributed by atoms with Gasteiger partial charge < -0.3 is 18.6 Å². The third-order valence-corrected chi connectivity index (χ3v) is 4.62. The molecular formula is C17H13Br2NO5. The van der Waals surface area contributed by atoms with Gasteiger partial charge in [0.15, 0.2) is 11.5 Å². The summed E-state index contributed by atoms with van der Waals surface area (Å²) in [6.45, 7) is 0. The van der Waals surface area contributed by atoms with Gasteiger partial charge >= 0.3 is 5.63 Å². The number of hydrogen-bond acceptors (Lipinski definition) is 6. The standard InChI is InChI=1S/C17H13Br2NO5/c1-22-12-4-8(5-13(23-2)15(12)24-3)16-20-14-10(17(21)25-16)6-9(18)7-11(14)19/h4-7H,1-3H3. The fourth-order valence-corrected chi connectivity index (χ4v) is 3.74. The van der Waals surface area contributed by atoms with Gasteiger partial charge in [0.05, 0.1) is 32.2 Å². The van der Waals surface area contributed by atoms with Crippen molar-refractivity contribution in [2.45, 2.75) is 0 Å². The van der Waals surface area contributed by atoms with Crippen LogP contribution < -0.4 is 19.8 Å². The number of fused-ring (bicyclic) bond motifs is 1. The van der Waals surface area contributed by atoms with Gasteiger partial charge in [-0.15, -0.1) is 0 Å². The summed E-state index contributed by atoms with van der Waals surface area (Å²) >= 11 is 6.77. The molecule has 25 heavy (non-hydrogen) atoms. The van der Waals surface area contributed by atoms with Gasteiger partial charge in [-0.3, -0.25) is 0 Å². The van der Waals surface area contributed by atoms with E-state index in [1.54, 1.807) is 18.2 Å². The maximum Gasteiger partial charge on any atom is 0.347 e. The van der Waals surface area contributed by atoms with E-state index in [-0.39, 0.29) is 5.89 Å². The van der Waals surface area contributed by atoms with Crippen molar-refractivity contribution < 1.29 is 18.6 Å². The number of hydrogen-bond donors (Lipinski definition) is 0. The third kappa shape index (κ3) is 3.23. The molecule has 0 saturated carbocycles. The minimum absolute atomic E-state index is 0.153. The minimum Gasteiger partial charge on any atom is -0.493 e. The molecule has 1 heterocycles. The van der Waals surface area contributed by atoms with E-state index in [1.165, 1.54) is 21.3 Å². The highest BCUT2D eigenvalue weighted by atomic mass is 79.9. The van der Waals surface area contributed by atoms with Gasteiger partial charge in [-0.1, -0.05) is 15.9 Å². The topological polar surface area (TPSA) is 70.8 Å². The number of ether oxygens (including phenoxy) is 3. The summed E-state index contributed by atoms with van der Waals surface area (Å²) in [7, 11) is 4.54. The fraction of sp³-hybridized carbons (Fsp3) is 0.176. The SMILES string of the molecule is COc1cc(-c2nc3c(Br)cc(Br)cc3c(=O)o2)cc(OC)c1OC. The Morgan fingerprint density at radius 2 is 1.60 bits per heavy atom. The maximum absolute atomic E-state index is 12.4. The van der Waals surface area contributed by atoms with Crippen LogP contribution in [0.5, 0.6) is 17.2 Å². The number of benzene rings is 2. The highest BCUT2D eigenvalue weighted by Gasteiger charge is 2.18. The van der Waals surface area contributed by atoms with Crippen molar-refractivity contribution in [1.29, 1.82) is 0 Å². The van der Waals surface area contributed by atoms with Gasteiger partial charge in [0, 0.05) is 14.5 Å². The molecule has 0 spiro atoms. The molecule has 0 aliphatic rings. The number of rotatable bonds is 4. The summed E-state index contributed by atoms with van der Waals surface area (Å²) < 4.78 is 22.8. The first-order valence-corrected chi connectivity index (χ1v) is 8.67. The monoisotopic (exact) mass is 469 g/mol. The van der Waals surface area contributed by atoms with Gasteiger partial charge in [-0.2, -0.15) is 0 Å². The third-order valence-electron chi connectivity index (χ3n) is 3.56. The van der Waals surface area contributed by atoms with E-state index in [0.29, 0.717) is 38.2 Å². The molecule has 0 radical (unpaired) electrons.